The maximum absolute atomic E-state index is 10.5. The van der Waals surface area contributed by atoms with E-state index in [1.165, 1.54) is 0 Å². The molecule has 1 aliphatic rings. The lowest BCUT2D eigenvalue weighted by Gasteiger charge is -2.03. The third-order valence-corrected chi connectivity index (χ3v) is 4.03. The molecule has 4 nitrogen and oxygen atoms in total. The number of benzene rings is 2. The number of aliphatic imine (C=N–C) groups is 1. The van der Waals surface area contributed by atoms with Crippen LogP contribution in [0.25, 0.3) is 17.8 Å². The largest absolute Gasteiger partial charge is 0.493 e. The number of para-hydroxylation sites is 1. The first-order valence-corrected chi connectivity index (χ1v) is 7.59. The number of imidazole rings is 1. The van der Waals surface area contributed by atoms with Crippen molar-refractivity contribution >= 4 is 36.3 Å². The normalized spacial score (nSPS) is 13.1. The van der Waals surface area contributed by atoms with Gasteiger partial charge in [0.25, 0.3) is 0 Å². The molecule has 2 aromatic carbocycles. The molecule has 1 aliphatic heterocycles. The van der Waals surface area contributed by atoms with Crippen LogP contribution in [0.5, 0.6) is 5.88 Å². The molecule has 0 spiro atoms. The number of nitrogens with one attached hydrogen (secondary N) is 1. The van der Waals surface area contributed by atoms with Gasteiger partial charge in [0, 0.05) is 11.4 Å². The second kappa shape index (κ2) is 5.37. The lowest BCUT2D eigenvalue weighted by Crippen LogP contribution is -2.06. The van der Waals surface area contributed by atoms with E-state index in [1.807, 2.05) is 60.7 Å². The molecule has 23 heavy (non-hydrogen) atoms. The lowest BCUT2D eigenvalue weighted by molar-refractivity contribution is 0.440. The maximum atomic E-state index is 10.5. The van der Waals surface area contributed by atoms with E-state index in [1.54, 1.807) is 10.8 Å². The lowest BCUT2D eigenvalue weighted by atomic mass is 10.2. The first kappa shape index (κ1) is 13.7. The predicted molar refractivity (Wildman–Crippen MR) is 94.5 cm³/mol. The molecular formula is C18H13N3OS. The molecule has 4 rings (SSSR count). The topological polar surface area (TPSA) is 53.3 Å². The first-order valence-electron chi connectivity index (χ1n) is 7.18. The smallest absolute Gasteiger partial charge is 0.222 e. The average Bonchev–Trinajstić information content (AvgIpc) is 3.13. The quantitative estimate of drug-likeness (QED) is 0.713. The molecule has 0 saturated carbocycles. The highest BCUT2D eigenvalue weighted by molar-refractivity contribution is 7.71. The summed E-state index contributed by atoms with van der Waals surface area (Å²) in [6, 6.07) is 15.5. The van der Waals surface area contributed by atoms with E-state index in [-0.39, 0.29) is 5.88 Å². The number of nitrogens with zero attached hydrogens (tertiary/aromatic N) is 2. The first-order chi connectivity index (χ1) is 11.2. The maximum Gasteiger partial charge on any atom is 0.222 e. The van der Waals surface area contributed by atoms with Gasteiger partial charge in [0.05, 0.1) is 11.4 Å². The van der Waals surface area contributed by atoms with Crippen molar-refractivity contribution in [3.05, 3.63) is 69.4 Å². The number of fused-ring (bicyclic) bond motifs is 1. The molecule has 0 unspecified atom stereocenters. The van der Waals surface area contributed by atoms with Crippen molar-refractivity contribution in [1.82, 2.24) is 9.55 Å². The van der Waals surface area contributed by atoms with E-state index < -0.39 is 0 Å². The molecular weight excluding hydrogens is 306 g/mol. The molecule has 5 heteroatoms. The third-order valence-electron chi connectivity index (χ3n) is 3.75. The molecule has 2 N–H and O–H groups in total. The molecule has 0 atom stereocenters. The van der Waals surface area contributed by atoms with Crippen LogP contribution in [0.4, 0.5) is 5.69 Å². The fraction of sp³-hybridized carbons (Fsp3) is 0. The monoisotopic (exact) mass is 319 g/mol. The molecule has 2 heterocycles. The van der Waals surface area contributed by atoms with Crippen LogP contribution in [0.1, 0.15) is 5.69 Å². The average molecular weight is 319 g/mol. The Morgan fingerprint density at radius 2 is 1.96 bits per heavy atom. The van der Waals surface area contributed by atoms with Crippen LogP contribution in [0.15, 0.2) is 53.5 Å². The number of aromatic nitrogens is 2. The molecule has 1 aromatic heterocycles. The Morgan fingerprint density at radius 3 is 2.78 bits per heavy atom. The fourth-order valence-corrected chi connectivity index (χ4v) is 2.93. The van der Waals surface area contributed by atoms with Gasteiger partial charge in [-0.15, -0.1) is 0 Å². The molecule has 0 bridgehead atoms. The Hall–Kier alpha value is -2.92. The van der Waals surface area contributed by atoms with E-state index in [0.29, 0.717) is 10.5 Å². The van der Waals surface area contributed by atoms with Gasteiger partial charge in [0.2, 0.25) is 5.88 Å². The van der Waals surface area contributed by atoms with Crippen molar-refractivity contribution in [2.75, 3.05) is 0 Å². The summed E-state index contributed by atoms with van der Waals surface area (Å²) in [5.41, 5.74) is 2.32. The fourth-order valence-electron chi connectivity index (χ4n) is 2.63. The standard InChI is InChI=1S/C18H13N3OS/c22-17-16(11-12-6-7-13-8-9-19-15(13)10-12)20-18(23)21(17)14-4-2-1-3-5-14/h1-11,22H,(H,20,23)/b12-11+. The summed E-state index contributed by atoms with van der Waals surface area (Å²) in [6.45, 7) is 0. The summed E-state index contributed by atoms with van der Waals surface area (Å²) in [5.74, 6) is 0.0942. The van der Waals surface area contributed by atoms with Crippen molar-refractivity contribution in [2.45, 2.75) is 0 Å². The highest BCUT2D eigenvalue weighted by atomic mass is 32.1. The van der Waals surface area contributed by atoms with Gasteiger partial charge < -0.3 is 10.1 Å². The van der Waals surface area contributed by atoms with Crippen LogP contribution in [0.2, 0.25) is 0 Å². The van der Waals surface area contributed by atoms with Crippen LogP contribution >= 0.6 is 12.2 Å². The zero-order valence-electron chi connectivity index (χ0n) is 12.1. The molecule has 0 fully saturated rings. The number of hydrogen-bond donors (Lipinski definition) is 2. The summed E-state index contributed by atoms with van der Waals surface area (Å²) in [4.78, 5) is 7.35. The number of rotatable bonds is 2. The number of aromatic amines is 1. The molecule has 0 aliphatic carbocycles. The number of aromatic hydroxyl groups is 1. The van der Waals surface area contributed by atoms with Gasteiger partial charge in [0.1, 0.15) is 5.69 Å². The van der Waals surface area contributed by atoms with Crippen LogP contribution in [0.3, 0.4) is 0 Å². The summed E-state index contributed by atoms with van der Waals surface area (Å²) in [6.07, 6.45) is 5.61. The summed E-state index contributed by atoms with van der Waals surface area (Å²) in [5, 5.41) is 12.6. The Balaban J connectivity index is 1.86. The van der Waals surface area contributed by atoms with E-state index >= 15 is 0 Å². The van der Waals surface area contributed by atoms with E-state index in [2.05, 4.69) is 9.98 Å². The number of hydrogen-bond acceptors (Lipinski definition) is 3. The number of H-pyrrole nitrogens is 1. The highest BCUT2D eigenvalue weighted by Gasteiger charge is 2.10. The van der Waals surface area contributed by atoms with Gasteiger partial charge in [-0.3, -0.25) is 9.56 Å². The van der Waals surface area contributed by atoms with E-state index in [9.17, 15) is 5.11 Å². The zero-order chi connectivity index (χ0) is 15.8. The minimum Gasteiger partial charge on any atom is -0.493 e. The zero-order valence-corrected chi connectivity index (χ0v) is 12.9. The van der Waals surface area contributed by atoms with Crippen molar-refractivity contribution in [3.63, 3.8) is 0 Å². The van der Waals surface area contributed by atoms with Gasteiger partial charge in [-0.25, -0.2) is 0 Å². The van der Waals surface area contributed by atoms with Crippen molar-refractivity contribution in [1.29, 1.82) is 0 Å². The molecule has 112 valence electrons. The van der Waals surface area contributed by atoms with Gasteiger partial charge in [-0.1, -0.05) is 30.3 Å². The predicted octanol–water partition coefficient (Wildman–Crippen LogP) is 2.57. The molecule has 0 amide bonds. The van der Waals surface area contributed by atoms with Crippen LogP contribution in [0, 0.1) is 4.77 Å². The Morgan fingerprint density at radius 1 is 1.13 bits per heavy atom. The van der Waals surface area contributed by atoms with E-state index in [0.717, 1.165) is 21.8 Å². The van der Waals surface area contributed by atoms with Gasteiger partial charge in [0.15, 0.2) is 4.77 Å². The SMILES string of the molecule is Oc1c(/C=c2\ccc3c(c2)N=CC=3)[nH]c(=S)n1-c1ccccc1. The summed E-state index contributed by atoms with van der Waals surface area (Å²) < 4.78 is 2.06. The van der Waals surface area contributed by atoms with Crippen LogP contribution < -0.4 is 10.4 Å². The van der Waals surface area contributed by atoms with Crippen molar-refractivity contribution in [3.8, 4) is 11.6 Å². The molecule has 0 radical (unpaired) electrons. The minimum absolute atomic E-state index is 0.0942. The van der Waals surface area contributed by atoms with Gasteiger partial charge >= 0.3 is 0 Å². The summed E-state index contributed by atoms with van der Waals surface area (Å²) >= 11 is 5.34. The Bertz CT molecular complexity index is 1090. The third kappa shape index (κ3) is 2.41. The van der Waals surface area contributed by atoms with Gasteiger partial charge in [-0.2, -0.15) is 0 Å². The van der Waals surface area contributed by atoms with Crippen molar-refractivity contribution in [2.24, 2.45) is 4.99 Å². The van der Waals surface area contributed by atoms with Crippen molar-refractivity contribution < 1.29 is 5.11 Å². The summed E-state index contributed by atoms with van der Waals surface area (Å²) in [7, 11) is 0. The Kier molecular flexibility index (Phi) is 3.20. The molecule has 0 saturated heterocycles. The van der Waals surface area contributed by atoms with Crippen LogP contribution in [-0.4, -0.2) is 20.9 Å². The Labute approximate surface area is 137 Å². The minimum atomic E-state index is 0.0942. The van der Waals surface area contributed by atoms with Gasteiger partial charge in [-0.05, 0) is 47.8 Å². The molecule has 3 aromatic rings. The van der Waals surface area contributed by atoms with Crippen LogP contribution in [-0.2, 0) is 0 Å². The second-order valence-corrected chi connectivity index (χ2v) is 5.63. The second-order valence-electron chi connectivity index (χ2n) is 5.25. The highest BCUT2D eigenvalue weighted by Crippen LogP contribution is 2.22. The van der Waals surface area contributed by atoms with E-state index in [4.69, 9.17) is 12.2 Å².